The van der Waals surface area contributed by atoms with E-state index in [1.165, 1.54) is 5.56 Å². The minimum atomic E-state index is 0.234. The van der Waals surface area contributed by atoms with Gasteiger partial charge in [-0.1, -0.05) is 29.8 Å². The van der Waals surface area contributed by atoms with Gasteiger partial charge in [0.15, 0.2) is 5.78 Å². The van der Waals surface area contributed by atoms with Crippen LogP contribution in [0.4, 0.5) is 0 Å². The summed E-state index contributed by atoms with van der Waals surface area (Å²) in [7, 11) is 0. The first-order valence-electron chi connectivity index (χ1n) is 4.58. The van der Waals surface area contributed by atoms with Crippen LogP contribution in [0.15, 0.2) is 24.3 Å². The minimum absolute atomic E-state index is 0.234. The molecule has 2 rings (SSSR count). The molecule has 0 amide bonds. The molecule has 1 aromatic carbocycles. The largest absolute Gasteiger partial charge is 0.293 e. The van der Waals surface area contributed by atoms with Crippen LogP contribution in [-0.2, 0) is 0 Å². The molecule has 0 bridgehead atoms. The molecule has 68 valence electrons. The van der Waals surface area contributed by atoms with Crippen LogP contribution in [0.2, 0.25) is 0 Å². The van der Waals surface area contributed by atoms with Crippen molar-refractivity contribution in [1.82, 2.24) is 4.90 Å². The van der Waals surface area contributed by atoms with Gasteiger partial charge in [-0.15, -0.1) is 0 Å². The number of ketones is 1. The third-order valence-electron chi connectivity index (χ3n) is 2.28. The first-order valence-corrected chi connectivity index (χ1v) is 4.58. The number of benzene rings is 1. The molecule has 2 heteroatoms. The number of carbonyl (C=O) groups excluding carboxylic acids is 1. The Balaban J connectivity index is 2.05. The van der Waals surface area contributed by atoms with E-state index >= 15 is 0 Å². The molecule has 0 N–H and O–H groups in total. The van der Waals surface area contributed by atoms with E-state index in [0.717, 1.165) is 18.7 Å². The van der Waals surface area contributed by atoms with Crippen molar-refractivity contribution in [2.24, 2.45) is 0 Å². The lowest BCUT2D eigenvalue weighted by molar-refractivity contribution is 0.0974. The maximum absolute atomic E-state index is 11.6. The van der Waals surface area contributed by atoms with Gasteiger partial charge in [-0.2, -0.15) is 0 Å². The van der Waals surface area contributed by atoms with Crippen LogP contribution >= 0.6 is 0 Å². The highest BCUT2D eigenvalue weighted by Crippen LogP contribution is 2.08. The van der Waals surface area contributed by atoms with Gasteiger partial charge in [0.2, 0.25) is 0 Å². The van der Waals surface area contributed by atoms with Crippen LogP contribution < -0.4 is 0 Å². The van der Waals surface area contributed by atoms with Gasteiger partial charge < -0.3 is 0 Å². The van der Waals surface area contributed by atoms with Gasteiger partial charge in [0.1, 0.15) is 0 Å². The fraction of sp³-hybridized carbons (Fsp3) is 0.364. The number of rotatable bonds is 3. The standard InChI is InChI=1S/C11H13NO/c1-9-2-4-10(5-3-9)11(13)8-12-6-7-12/h2-5H,6-8H2,1H3. The normalized spacial score (nSPS) is 15.8. The lowest BCUT2D eigenvalue weighted by atomic mass is 10.1. The molecule has 0 unspecified atom stereocenters. The zero-order valence-corrected chi connectivity index (χ0v) is 7.79. The number of Topliss-reactive ketones (excluding diaryl/α,β-unsaturated/α-hetero) is 1. The van der Waals surface area contributed by atoms with E-state index in [-0.39, 0.29) is 5.78 Å². The van der Waals surface area contributed by atoms with E-state index in [9.17, 15) is 4.79 Å². The molecule has 0 atom stereocenters. The van der Waals surface area contributed by atoms with Crippen molar-refractivity contribution in [1.29, 1.82) is 0 Å². The Hall–Kier alpha value is -1.15. The maximum atomic E-state index is 11.6. The highest BCUT2D eigenvalue weighted by atomic mass is 16.1. The van der Waals surface area contributed by atoms with Crippen LogP contribution in [0.3, 0.4) is 0 Å². The number of aryl methyl sites for hydroxylation is 1. The van der Waals surface area contributed by atoms with E-state index in [4.69, 9.17) is 0 Å². The first kappa shape index (κ1) is 8.45. The molecule has 1 aliphatic heterocycles. The molecule has 1 fully saturated rings. The van der Waals surface area contributed by atoms with Crippen LogP contribution in [0.1, 0.15) is 15.9 Å². The van der Waals surface area contributed by atoms with Gasteiger partial charge in [-0.05, 0) is 6.92 Å². The Morgan fingerprint density at radius 1 is 1.31 bits per heavy atom. The van der Waals surface area contributed by atoms with Crippen LogP contribution in [0.25, 0.3) is 0 Å². The van der Waals surface area contributed by atoms with E-state index in [0.29, 0.717) is 6.54 Å². The van der Waals surface area contributed by atoms with E-state index in [1.807, 2.05) is 31.2 Å². The SMILES string of the molecule is Cc1ccc(C(=O)CN2CC2)cc1. The van der Waals surface area contributed by atoms with Crippen molar-refractivity contribution in [3.8, 4) is 0 Å². The molecule has 0 spiro atoms. The first-order chi connectivity index (χ1) is 6.25. The summed E-state index contributed by atoms with van der Waals surface area (Å²) in [6.07, 6.45) is 0. The predicted octanol–water partition coefficient (Wildman–Crippen LogP) is 1.49. The quantitative estimate of drug-likeness (QED) is 0.512. The lowest BCUT2D eigenvalue weighted by Gasteiger charge is -2.01. The summed E-state index contributed by atoms with van der Waals surface area (Å²) in [6.45, 7) is 4.77. The second-order valence-electron chi connectivity index (χ2n) is 3.57. The molecule has 2 nitrogen and oxygen atoms in total. The summed E-state index contributed by atoms with van der Waals surface area (Å²) < 4.78 is 0. The van der Waals surface area contributed by atoms with Crippen molar-refractivity contribution < 1.29 is 4.79 Å². The zero-order chi connectivity index (χ0) is 9.26. The van der Waals surface area contributed by atoms with E-state index in [2.05, 4.69) is 4.90 Å². The van der Waals surface area contributed by atoms with Crippen LogP contribution in [0.5, 0.6) is 0 Å². The zero-order valence-electron chi connectivity index (χ0n) is 7.79. The minimum Gasteiger partial charge on any atom is -0.293 e. The van der Waals surface area contributed by atoms with Crippen LogP contribution in [-0.4, -0.2) is 30.3 Å². The number of carbonyl (C=O) groups is 1. The molecular formula is C11H13NO. The summed E-state index contributed by atoms with van der Waals surface area (Å²) >= 11 is 0. The van der Waals surface area contributed by atoms with Crippen molar-refractivity contribution in [2.45, 2.75) is 6.92 Å². The molecule has 0 radical (unpaired) electrons. The topological polar surface area (TPSA) is 20.1 Å². The number of hydrogen-bond acceptors (Lipinski definition) is 2. The van der Waals surface area contributed by atoms with Crippen molar-refractivity contribution >= 4 is 5.78 Å². The monoisotopic (exact) mass is 175 g/mol. The number of hydrogen-bond donors (Lipinski definition) is 0. The van der Waals surface area contributed by atoms with Crippen molar-refractivity contribution in [3.05, 3.63) is 35.4 Å². The third-order valence-corrected chi connectivity index (χ3v) is 2.28. The Morgan fingerprint density at radius 3 is 2.46 bits per heavy atom. The molecule has 13 heavy (non-hydrogen) atoms. The van der Waals surface area contributed by atoms with E-state index in [1.54, 1.807) is 0 Å². The molecule has 0 saturated carbocycles. The Kier molecular flexibility index (Phi) is 2.15. The molecule has 1 aromatic rings. The van der Waals surface area contributed by atoms with Crippen LogP contribution in [0, 0.1) is 6.92 Å². The smallest absolute Gasteiger partial charge is 0.176 e. The summed E-state index contributed by atoms with van der Waals surface area (Å²) in [5, 5.41) is 0. The highest BCUT2D eigenvalue weighted by molar-refractivity contribution is 5.97. The molecule has 1 heterocycles. The number of nitrogens with zero attached hydrogens (tertiary/aromatic N) is 1. The second-order valence-corrected chi connectivity index (χ2v) is 3.57. The highest BCUT2D eigenvalue weighted by Gasteiger charge is 2.20. The average Bonchev–Trinajstić information content (AvgIpc) is 2.89. The summed E-state index contributed by atoms with van der Waals surface area (Å²) in [5.74, 6) is 0.234. The van der Waals surface area contributed by atoms with Crippen molar-refractivity contribution in [2.75, 3.05) is 19.6 Å². The Morgan fingerprint density at radius 2 is 1.92 bits per heavy atom. The maximum Gasteiger partial charge on any atom is 0.176 e. The molecular weight excluding hydrogens is 162 g/mol. The summed E-state index contributed by atoms with van der Waals surface area (Å²) in [6, 6.07) is 7.77. The van der Waals surface area contributed by atoms with Gasteiger partial charge in [0.25, 0.3) is 0 Å². The molecule has 1 aliphatic rings. The Labute approximate surface area is 78.2 Å². The molecule has 1 saturated heterocycles. The second kappa shape index (κ2) is 3.30. The van der Waals surface area contributed by atoms with Gasteiger partial charge in [0, 0.05) is 18.7 Å². The lowest BCUT2D eigenvalue weighted by Crippen LogP contribution is -2.12. The fourth-order valence-corrected chi connectivity index (χ4v) is 1.26. The third kappa shape index (κ3) is 2.16. The molecule has 0 aliphatic carbocycles. The van der Waals surface area contributed by atoms with Gasteiger partial charge in [-0.25, -0.2) is 0 Å². The summed E-state index contributed by atoms with van der Waals surface area (Å²) in [4.78, 5) is 13.7. The molecule has 0 aromatic heterocycles. The Bertz CT molecular complexity index is 311. The predicted molar refractivity (Wildman–Crippen MR) is 51.9 cm³/mol. The van der Waals surface area contributed by atoms with E-state index < -0.39 is 0 Å². The van der Waals surface area contributed by atoms with Crippen molar-refractivity contribution in [3.63, 3.8) is 0 Å². The summed E-state index contributed by atoms with van der Waals surface area (Å²) in [5.41, 5.74) is 2.03. The van der Waals surface area contributed by atoms with Gasteiger partial charge in [0.05, 0.1) is 6.54 Å². The van der Waals surface area contributed by atoms with Gasteiger partial charge >= 0.3 is 0 Å². The average molecular weight is 175 g/mol. The fourth-order valence-electron chi connectivity index (χ4n) is 1.26. The van der Waals surface area contributed by atoms with Gasteiger partial charge in [-0.3, -0.25) is 9.69 Å².